The van der Waals surface area contributed by atoms with E-state index in [-0.39, 0.29) is 82.0 Å². The number of hydrazone groups is 1. The molecule has 690 valence electrons. The summed E-state index contributed by atoms with van der Waals surface area (Å²) in [6.07, 6.45) is -7.52. The molecule has 10 rings (SSSR count). The fourth-order valence-corrected chi connectivity index (χ4v) is 14.8. The molecule has 6 aliphatic heterocycles. The van der Waals surface area contributed by atoms with Crippen LogP contribution in [0.5, 0.6) is 23.0 Å². The lowest BCUT2D eigenvalue weighted by Gasteiger charge is -2.45. The minimum Gasteiger partial charge on any atom is -0.507 e. The van der Waals surface area contributed by atoms with E-state index in [4.69, 9.17) is 76.9 Å². The number of nitrogens with zero attached hydrogens (tertiary/aromatic N) is 6. The molecule has 1 aromatic heterocycles. The lowest BCUT2D eigenvalue weighted by atomic mass is 9.78. The van der Waals surface area contributed by atoms with Gasteiger partial charge in [0.15, 0.2) is 42.1 Å². The van der Waals surface area contributed by atoms with Crippen molar-refractivity contribution in [1.29, 1.82) is 0 Å². The fourth-order valence-electron chi connectivity index (χ4n) is 14.8. The minimum absolute atomic E-state index is 0.0559. The molecule has 26 atom stereocenters. The second-order valence-corrected chi connectivity index (χ2v) is 31.2. The lowest BCUT2D eigenvalue weighted by Crippen LogP contribution is -2.66. The standard InChI is InChI=1S/C43H58N4O12.C21H39N7O12.C10H24N2O2.C6H7N3O/c1-21-12-11-13-22(2)42(55)45-33-28(20-44-47-17-15-46(9)16-18-47)37(52)30-31(38(33)53)36(51)26(6)40-32(30)41(54)43(8,59-40)57-19-14-29(56-10)23(3)39(58-27(7)48)25(5)35(50)24(4)34(21)49;1-5-21(36,4-30)16(40-17-9(26-2)13(34)10(31)6(3-29)38-17)18(37-5)39-15-8(28-20(24)25)11(32)7(27-19(22)23)12(33)14(15)35;1-3-9(7-13)11-5-6-12-10(4-2)8-14;7-9-6(10)5-1-3-8-4-2-5/h11-14,19-21,23-25,29,34-35,39,49-53H,15-18H2,1-10H3,(H,45,55);4-18,26,29,31-36H,3H2,1-2H3,(H4,22,23,27)(H4,24,25,28);9-14H,3-8H2,1-2H3;1-4H,7H2,(H,9,10)/b12-11+,19-14+,22-13-,44-20+;;;/t21-,23-,24-,25+,29+,34-,35+,39-,43+;5-,6-,7+,8-,9-,10-,11+,12-,13-,14+,15+,16-,17-,18-,21+;9-,10-;/m100./s1. The van der Waals surface area contributed by atoms with Gasteiger partial charge in [0.2, 0.25) is 0 Å². The summed E-state index contributed by atoms with van der Waals surface area (Å²) in [6, 6.07) is -0.510. The summed E-state index contributed by atoms with van der Waals surface area (Å²) < 4.78 is 46.5. The number of hydrazine groups is 1. The normalized spacial score (nSPS) is 33.3. The van der Waals surface area contributed by atoms with Crippen LogP contribution in [0, 0.1) is 30.6 Å². The summed E-state index contributed by atoms with van der Waals surface area (Å²) in [7, 11) is 4.84. The van der Waals surface area contributed by atoms with Gasteiger partial charge >= 0.3 is 11.8 Å². The van der Waals surface area contributed by atoms with E-state index in [1.54, 1.807) is 57.0 Å². The fraction of sp³-hybridized carbons (Fsp3) is 0.637. The van der Waals surface area contributed by atoms with E-state index in [1.165, 1.54) is 85.8 Å². The number of phenols is 3. The summed E-state index contributed by atoms with van der Waals surface area (Å²) in [6.45, 7) is 21.8. The number of nitrogens with one attached hydrogen (secondary N) is 5. The Kier molecular flexibility index (Phi) is 39.1. The Hall–Kier alpha value is -9.01. The molecular weight excluding hydrogens is 1620 g/mol. The largest absolute Gasteiger partial charge is 0.507 e. The number of aromatic hydroxyl groups is 3. The zero-order chi connectivity index (χ0) is 92.0. The summed E-state index contributed by atoms with van der Waals surface area (Å²) in [5.74, 6) is -4.80. The molecule has 0 radical (unpaired) electrons. The molecule has 4 fully saturated rings. The number of carbonyl (C=O) groups is 5. The van der Waals surface area contributed by atoms with Crippen LogP contribution < -0.4 is 60.2 Å². The number of aromatic nitrogens is 1. The molecule has 3 saturated heterocycles. The number of benzene rings is 2. The number of phenolic OH excluding ortho intramolecular Hbond substituents is 3. The molecule has 1 aliphatic carbocycles. The highest BCUT2D eigenvalue weighted by molar-refractivity contribution is 6.24. The van der Waals surface area contributed by atoms with Crippen molar-refractivity contribution >= 4 is 64.4 Å². The van der Waals surface area contributed by atoms with E-state index in [9.17, 15) is 85.3 Å². The van der Waals surface area contributed by atoms with E-state index in [2.05, 4.69) is 46.2 Å². The number of ketones is 1. The maximum atomic E-state index is 14.4. The van der Waals surface area contributed by atoms with E-state index in [1.807, 2.05) is 26.3 Å². The number of amides is 2. The number of guanidine groups is 2. The van der Waals surface area contributed by atoms with Crippen LogP contribution in [-0.4, -0.2) is 348 Å². The molecule has 29 N–H and O–H groups in total. The number of rotatable bonds is 23. The Morgan fingerprint density at radius 2 is 1.36 bits per heavy atom. The first-order chi connectivity index (χ1) is 58.1. The van der Waals surface area contributed by atoms with Crippen LogP contribution in [0.3, 0.4) is 0 Å². The zero-order valence-corrected chi connectivity index (χ0v) is 71.6. The molecule has 0 spiro atoms. The summed E-state index contributed by atoms with van der Waals surface area (Å²) in [5.41, 5.74) is 21.6. The van der Waals surface area contributed by atoms with Crippen molar-refractivity contribution in [2.75, 3.05) is 85.6 Å². The third-order valence-electron chi connectivity index (χ3n) is 22.7. The van der Waals surface area contributed by atoms with Crippen molar-refractivity contribution in [3.8, 4) is 23.0 Å². The number of nitrogen functional groups attached to an aromatic ring is 1. The van der Waals surface area contributed by atoms with Crippen molar-refractivity contribution in [3.05, 3.63) is 82.9 Å². The van der Waals surface area contributed by atoms with Crippen LogP contribution >= 0.6 is 0 Å². The second-order valence-electron chi connectivity index (χ2n) is 31.2. The number of esters is 1. The Bertz CT molecular complexity index is 4140. The number of anilines is 1. The lowest BCUT2D eigenvalue weighted by molar-refractivity contribution is -0.314. The minimum atomic E-state index is -2.38. The number of likely N-dealkylation sites (N-methyl/N-ethyl adjacent to an activating group) is 2. The van der Waals surface area contributed by atoms with Gasteiger partial charge in [0.05, 0.1) is 85.0 Å². The number of fused-ring (bicyclic) bond motifs is 14. The number of carbonyl (C=O) groups excluding carboxylic acids is 5. The van der Waals surface area contributed by atoms with Crippen molar-refractivity contribution in [1.82, 2.24) is 36.3 Å². The maximum Gasteiger partial charge on any atom is 0.312 e. The van der Waals surface area contributed by atoms with E-state index >= 15 is 0 Å². The number of hydrogen-bond acceptors (Lipinski definition) is 37. The highest BCUT2D eigenvalue weighted by Crippen LogP contribution is 2.55. The maximum absolute atomic E-state index is 14.4. The summed E-state index contributed by atoms with van der Waals surface area (Å²) in [5, 5.41) is 168. The van der Waals surface area contributed by atoms with Crippen molar-refractivity contribution in [3.63, 3.8) is 0 Å². The number of nitrogens with two attached hydrogens (primary N) is 5. The Labute approximate surface area is 712 Å². The first-order valence-electron chi connectivity index (χ1n) is 40.4. The molecule has 3 aromatic rings. The second kappa shape index (κ2) is 46.8. The zero-order valence-electron chi connectivity index (χ0n) is 71.6. The molecule has 123 heavy (non-hydrogen) atoms. The highest BCUT2D eigenvalue weighted by Gasteiger charge is 2.61. The first-order valence-corrected chi connectivity index (χ1v) is 40.4. The van der Waals surface area contributed by atoms with Gasteiger partial charge in [0.25, 0.3) is 17.6 Å². The van der Waals surface area contributed by atoms with Gasteiger partial charge in [-0.3, -0.25) is 39.4 Å². The molecule has 7 heterocycles. The number of methoxy groups -OCH3 is 1. The van der Waals surface area contributed by atoms with Gasteiger partial charge in [-0.15, -0.1) is 0 Å². The SMILES string of the molecule is CC[C@@H](CO)NCCN[C@@H](CC)CO.CN[C@@H]1[C@H](O[C@H]2[C@H](O[C@H]3[C@H](O)[C@@H](O)[C@H](N=C(N)N)[C@@H](O)[C@@H]3N=C(N)N)O[C@@H](C)[C@]2(O)C=O)O[C@@H](CO)[C@H](O)[C@H]1O.CO[C@H]1/C=C/O[C@@]2(C)Oc3c(C)c(O)c4c(O)c(c(/C=N/N5CCN(C)CC5)c(O)c4c3C2=O)NC(=O)/C(C)=C\C=C\[C@@H](C)[C@@H](O)[C@@H](C)[C@H](O)[C@H](C)[C@H](OC(C)=O)[C@@H]1C.NNC(=O)c1ccncc1. The Morgan fingerprint density at radius 1 is 0.756 bits per heavy atom. The van der Waals surface area contributed by atoms with Crippen molar-refractivity contribution in [2.45, 2.75) is 223 Å². The topological polar surface area (TPSA) is 689 Å². The molecule has 1 saturated carbocycles. The third-order valence-corrected chi connectivity index (χ3v) is 22.7. The number of allylic oxidation sites excluding steroid dienone is 2. The van der Waals surface area contributed by atoms with Crippen molar-refractivity contribution in [2.24, 2.45) is 67.5 Å². The molecule has 5 bridgehead atoms. The smallest absolute Gasteiger partial charge is 0.312 e. The van der Waals surface area contributed by atoms with E-state index in [0.29, 0.717) is 18.7 Å². The number of hydrogen-bond donors (Lipinski definition) is 24. The molecule has 43 heteroatoms. The van der Waals surface area contributed by atoms with Gasteiger partial charge in [-0.25, -0.2) is 15.8 Å². The van der Waals surface area contributed by atoms with Gasteiger partial charge < -0.3 is 158 Å². The van der Waals surface area contributed by atoms with E-state index in [0.717, 1.165) is 39.0 Å². The average Bonchev–Trinajstić information content (AvgIpc) is 1.54. The van der Waals surface area contributed by atoms with Gasteiger partial charge in [-0.05, 0) is 65.9 Å². The number of Topliss-reactive ketones (excluding diaryl/α,β-unsaturated/α-hetero) is 1. The summed E-state index contributed by atoms with van der Waals surface area (Å²) >= 11 is 0. The monoisotopic (exact) mass is 1740 g/mol. The number of aliphatic hydroxyl groups excluding tert-OH is 10. The van der Waals surface area contributed by atoms with Crippen molar-refractivity contribution < 1.29 is 133 Å². The predicted molar refractivity (Wildman–Crippen MR) is 448 cm³/mol. The van der Waals surface area contributed by atoms with Crippen LogP contribution in [0.2, 0.25) is 0 Å². The summed E-state index contributed by atoms with van der Waals surface area (Å²) in [4.78, 5) is 76.8. The van der Waals surface area contributed by atoms with Crippen LogP contribution in [-0.2, 0) is 47.5 Å². The molecule has 43 nitrogen and oxygen atoms in total. The molecule has 7 aliphatic rings. The van der Waals surface area contributed by atoms with E-state index < -0.39 is 199 Å². The molecule has 2 aromatic carbocycles. The molecular formula is C80H128N16O27. The highest BCUT2D eigenvalue weighted by atomic mass is 16.8. The van der Waals surface area contributed by atoms with Crippen LogP contribution in [0.4, 0.5) is 5.69 Å². The average molecular weight is 1750 g/mol. The number of aliphatic hydroxyl groups is 11. The first kappa shape index (κ1) is 103. The van der Waals surface area contributed by atoms with Gasteiger partial charge in [0, 0.05) is 130 Å². The van der Waals surface area contributed by atoms with Crippen LogP contribution in [0.15, 0.2) is 75.8 Å². The number of pyridine rings is 1. The van der Waals surface area contributed by atoms with Gasteiger partial charge in [-0.1, -0.05) is 59.8 Å². The molecule has 0 unspecified atom stereocenters. The quantitative estimate of drug-likeness (QED) is 0.00407. The van der Waals surface area contributed by atoms with Gasteiger partial charge in [-0.2, -0.15) is 5.10 Å². The van der Waals surface area contributed by atoms with Crippen LogP contribution in [0.1, 0.15) is 114 Å². The Morgan fingerprint density at radius 3 is 1.89 bits per heavy atom. The van der Waals surface area contributed by atoms with Crippen LogP contribution in [0.25, 0.3) is 10.8 Å². The number of ether oxygens (including phenoxy) is 8. The third kappa shape index (κ3) is 25.0. The number of piperazine rings is 1. The number of aldehydes is 1. The number of aliphatic imine (C=N–C) groups is 2. The molecule has 2 amide bonds. The van der Waals surface area contributed by atoms with Gasteiger partial charge in [0.1, 0.15) is 84.3 Å². The Balaban J connectivity index is 0.000000311. The predicted octanol–water partition coefficient (Wildman–Crippen LogP) is -4.43.